The Labute approximate surface area is 111 Å². The molecule has 94 valence electrons. The number of nitrogens with two attached hydrogens (primary N) is 1. The minimum absolute atomic E-state index is 0.407. The lowest BCUT2D eigenvalue weighted by Gasteiger charge is -2.31. The van der Waals surface area contributed by atoms with E-state index in [9.17, 15) is 4.79 Å². The second-order valence-electron chi connectivity index (χ2n) is 4.60. The molecule has 4 nitrogen and oxygen atoms in total. The van der Waals surface area contributed by atoms with Gasteiger partial charge in [0.2, 0.25) is 0 Å². The average Bonchev–Trinajstić information content (AvgIpc) is 2.21. The lowest BCUT2D eigenvalue weighted by molar-refractivity contribution is 0.158. The van der Waals surface area contributed by atoms with Crippen molar-refractivity contribution in [3.8, 4) is 0 Å². The topological polar surface area (TPSA) is 58.4 Å². The quantitative estimate of drug-likeness (QED) is 0.468. The van der Waals surface area contributed by atoms with Crippen molar-refractivity contribution in [3.63, 3.8) is 0 Å². The molecule has 0 saturated heterocycles. The van der Waals surface area contributed by atoms with E-state index in [1.165, 1.54) is 0 Å². The van der Waals surface area contributed by atoms with E-state index in [0.717, 1.165) is 5.01 Å². The molecular weight excluding hydrogens is 261 g/mol. The third-order valence-electron chi connectivity index (χ3n) is 2.11. The second-order valence-corrected chi connectivity index (χ2v) is 5.44. The summed E-state index contributed by atoms with van der Waals surface area (Å²) in [5.41, 5.74) is -0.0429. The minimum Gasteiger partial charge on any atom is -0.305 e. The van der Waals surface area contributed by atoms with E-state index >= 15 is 0 Å². The summed E-state index contributed by atoms with van der Waals surface area (Å²) in [7, 11) is 0. The summed E-state index contributed by atoms with van der Waals surface area (Å²) in [4.78, 5) is 11.8. The van der Waals surface area contributed by atoms with Crippen molar-refractivity contribution < 1.29 is 4.79 Å². The van der Waals surface area contributed by atoms with Gasteiger partial charge >= 0.3 is 6.03 Å². The normalized spacial score (nSPS) is 11.2. The molecule has 0 saturated carbocycles. The SMILES string of the molecule is CC(C)(C)N(N)C(=O)Nc1cc(Cl)ccc1Cl. The van der Waals surface area contributed by atoms with Crippen LogP contribution < -0.4 is 11.2 Å². The van der Waals surface area contributed by atoms with Gasteiger partial charge in [-0.1, -0.05) is 23.2 Å². The Morgan fingerprint density at radius 1 is 1.35 bits per heavy atom. The van der Waals surface area contributed by atoms with E-state index in [2.05, 4.69) is 5.32 Å². The van der Waals surface area contributed by atoms with Crippen LogP contribution in [-0.4, -0.2) is 16.6 Å². The highest BCUT2D eigenvalue weighted by molar-refractivity contribution is 6.35. The summed E-state index contributed by atoms with van der Waals surface area (Å²) in [5.74, 6) is 5.68. The number of amides is 2. The predicted molar refractivity (Wildman–Crippen MR) is 71.3 cm³/mol. The lowest BCUT2D eigenvalue weighted by Crippen LogP contribution is -2.52. The zero-order valence-corrected chi connectivity index (χ0v) is 11.4. The van der Waals surface area contributed by atoms with E-state index in [1.54, 1.807) is 18.2 Å². The van der Waals surface area contributed by atoms with Gasteiger partial charge < -0.3 is 5.32 Å². The number of carbonyl (C=O) groups is 1. The third kappa shape index (κ3) is 3.77. The fourth-order valence-corrected chi connectivity index (χ4v) is 1.41. The Morgan fingerprint density at radius 2 is 1.94 bits per heavy atom. The van der Waals surface area contributed by atoms with Crippen molar-refractivity contribution in [2.45, 2.75) is 26.3 Å². The highest BCUT2D eigenvalue weighted by Gasteiger charge is 2.23. The maximum absolute atomic E-state index is 11.8. The van der Waals surface area contributed by atoms with Crippen LogP contribution >= 0.6 is 23.2 Å². The molecule has 17 heavy (non-hydrogen) atoms. The Kier molecular flexibility index (Phi) is 4.25. The highest BCUT2D eigenvalue weighted by Crippen LogP contribution is 2.25. The molecule has 1 aromatic carbocycles. The van der Waals surface area contributed by atoms with Crippen LogP contribution in [0.3, 0.4) is 0 Å². The lowest BCUT2D eigenvalue weighted by atomic mass is 10.1. The van der Waals surface area contributed by atoms with Crippen LogP contribution in [0.4, 0.5) is 10.5 Å². The molecule has 1 aromatic rings. The molecule has 0 aliphatic carbocycles. The van der Waals surface area contributed by atoms with Gasteiger partial charge in [-0.3, -0.25) is 5.01 Å². The first-order valence-electron chi connectivity index (χ1n) is 5.03. The van der Waals surface area contributed by atoms with Gasteiger partial charge in [0.15, 0.2) is 0 Å². The molecule has 0 aliphatic heterocycles. The molecule has 0 unspecified atom stereocenters. The molecule has 0 heterocycles. The number of anilines is 1. The molecule has 0 spiro atoms. The number of hydrazine groups is 1. The number of hydrogen-bond acceptors (Lipinski definition) is 2. The Morgan fingerprint density at radius 3 is 2.47 bits per heavy atom. The Balaban J connectivity index is 2.85. The van der Waals surface area contributed by atoms with Gasteiger partial charge in [0, 0.05) is 5.02 Å². The van der Waals surface area contributed by atoms with Crippen LogP contribution in [-0.2, 0) is 0 Å². The van der Waals surface area contributed by atoms with E-state index in [-0.39, 0.29) is 0 Å². The summed E-state index contributed by atoms with van der Waals surface area (Å²) in [6, 6.07) is 4.38. The molecule has 0 bridgehead atoms. The van der Waals surface area contributed by atoms with E-state index in [0.29, 0.717) is 15.7 Å². The number of halogens is 2. The smallest absolute Gasteiger partial charge is 0.305 e. The van der Waals surface area contributed by atoms with Gasteiger partial charge in [-0.25, -0.2) is 10.6 Å². The maximum Gasteiger partial charge on any atom is 0.336 e. The van der Waals surface area contributed by atoms with Crippen molar-refractivity contribution in [3.05, 3.63) is 28.2 Å². The van der Waals surface area contributed by atoms with Crippen molar-refractivity contribution in [1.82, 2.24) is 5.01 Å². The highest BCUT2D eigenvalue weighted by atomic mass is 35.5. The first-order chi connectivity index (χ1) is 7.71. The number of nitrogens with zero attached hydrogens (tertiary/aromatic N) is 1. The minimum atomic E-state index is -0.477. The van der Waals surface area contributed by atoms with Crippen molar-refractivity contribution in [2.24, 2.45) is 5.84 Å². The summed E-state index contributed by atoms with van der Waals surface area (Å²) in [5, 5.41) is 4.60. The van der Waals surface area contributed by atoms with E-state index in [4.69, 9.17) is 29.0 Å². The van der Waals surface area contributed by atoms with Gasteiger partial charge in [-0.15, -0.1) is 0 Å². The van der Waals surface area contributed by atoms with E-state index < -0.39 is 11.6 Å². The van der Waals surface area contributed by atoms with Crippen LogP contribution in [0.25, 0.3) is 0 Å². The molecule has 0 aliphatic rings. The molecule has 2 amide bonds. The molecule has 6 heteroatoms. The number of benzene rings is 1. The fourth-order valence-electron chi connectivity index (χ4n) is 1.07. The fraction of sp³-hybridized carbons (Fsp3) is 0.364. The standard InChI is InChI=1S/C11H15Cl2N3O/c1-11(2,3)16(14)10(17)15-9-6-7(12)4-5-8(9)13/h4-6H,14H2,1-3H3,(H,15,17). The number of hydrogen-bond donors (Lipinski definition) is 2. The van der Waals surface area contributed by atoms with Crippen LogP contribution in [0, 0.1) is 0 Å². The van der Waals surface area contributed by atoms with Crippen LogP contribution in [0.2, 0.25) is 10.0 Å². The van der Waals surface area contributed by atoms with Crippen LogP contribution in [0.5, 0.6) is 0 Å². The van der Waals surface area contributed by atoms with Gasteiger partial charge in [0.05, 0.1) is 16.2 Å². The maximum atomic E-state index is 11.8. The molecule has 3 N–H and O–H groups in total. The van der Waals surface area contributed by atoms with Crippen LogP contribution in [0.15, 0.2) is 18.2 Å². The van der Waals surface area contributed by atoms with Gasteiger partial charge in [0.1, 0.15) is 0 Å². The molecule has 0 radical (unpaired) electrons. The molecular formula is C11H15Cl2N3O. The first kappa shape index (κ1) is 14.1. The number of urea groups is 1. The molecule has 1 rings (SSSR count). The van der Waals surface area contributed by atoms with Crippen molar-refractivity contribution >= 4 is 34.9 Å². The third-order valence-corrected chi connectivity index (χ3v) is 2.68. The molecule has 0 fully saturated rings. The van der Waals surface area contributed by atoms with Crippen LogP contribution in [0.1, 0.15) is 20.8 Å². The zero-order chi connectivity index (χ0) is 13.2. The Bertz CT molecular complexity index is 429. The largest absolute Gasteiger partial charge is 0.336 e. The molecule has 0 aromatic heterocycles. The average molecular weight is 276 g/mol. The first-order valence-corrected chi connectivity index (χ1v) is 5.78. The summed E-state index contributed by atoms with van der Waals surface area (Å²) < 4.78 is 0. The number of carbonyl (C=O) groups excluding carboxylic acids is 1. The molecule has 0 atom stereocenters. The zero-order valence-electron chi connectivity index (χ0n) is 9.92. The predicted octanol–water partition coefficient (Wildman–Crippen LogP) is 3.50. The number of nitrogens with one attached hydrogen (secondary N) is 1. The summed E-state index contributed by atoms with van der Waals surface area (Å²) in [6.07, 6.45) is 0. The van der Waals surface area contributed by atoms with Gasteiger partial charge in [-0.05, 0) is 39.0 Å². The summed E-state index contributed by atoms with van der Waals surface area (Å²) >= 11 is 11.7. The second kappa shape index (κ2) is 5.12. The Hall–Kier alpha value is -0.970. The number of rotatable bonds is 1. The summed E-state index contributed by atoms with van der Waals surface area (Å²) in [6.45, 7) is 5.48. The van der Waals surface area contributed by atoms with E-state index in [1.807, 2.05) is 20.8 Å². The van der Waals surface area contributed by atoms with Gasteiger partial charge in [0.25, 0.3) is 0 Å². The van der Waals surface area contributed by atoms with Crippen molar-refractivity contribution in [1.29, 1.82) is 0 Å². The monoisotopic (exact) mass is 275 g/mol. The van der Waals surface area contributed by atoms with Gasteiger partial charge in [-0.2, -0.15) is 0 Å². The van der Waals surface area contributed by atoms with Crippen molar-refractivity contribution in [2.75, 3.05) is 5.32 Å².